The molecule has 3 heteroatoms. The zero-order chi connectivity index (χ0) is 13.8. The number of ketones is 2. The molecule has 19 heavy (non-hydrogen) atoms. The minimum atomic E-state index is -0.0649. The van der Waals surface area contributed by atoms with E-state index in [1.165, 1.54) is 13.8 Å². The Labute approximate surface area is 114 Å². The lowest BCUT2D eigenvalue weighted by Gasteiger charge is -2.11. The van der Waals surface area contributed by atoms with Crippen LogP contribution < -0.4 is 10.6 Å². The summed E-state index contributed by atoms with van der Waals surface area (Å²) in [5.74, 6) is -0.117. The van der Waals surface area contributed by atoms with Gasteiger partial charge in [0.25, 0.3) is 0 Å². The van der Waals surface area contributed by atoms with Gasteiger partial charge >= 0.3 is 0 Å². The number of benzene rings is 2. The predicted octanol–water partition coefficient (Wildman–Crippen LogP) is 2.72. The molecule has 0 radical (unpaired) electrons. The summed E-state index contributed by atoms with van der Waals surface area (Å²) in [4.78, 5) is 23.5. The van der Waals surface area contributed by atoms with Crippen LogP contribution in [0.4, 0.5) is 0 Å². The van der Waals surface area contributed by atoms with E-state index in [2.05, 4.69) is 0 Å². The van der Waals surface area contributed by atoms with E-state index in [-0.39, 0.29) is 11.6 Å². The summed E-state index contributed by atoms with van der Waals surface area (Å²) in [5, 5.41) is 2.09. The standard InChI is InChI=1S/C16H15O2P/c1-11(17)14-9-6-10-15(16(14)12(2)18)19-13-7-4-3-5-8-13/h3-10,19H,1-2H3. The summed E-state index contributed by atoms with van der Waals surface area (Å²) >= 11 is 0. The average Bonchev–Trinajstić information content (AvgIpc) is 2.39. The zero-order valence-electron chi connectivity index (χ0n) is 10.9. The fourth-order valence-corrected chi connectivity index (χ4v) is 3.29. The number of Topliss-reactive ketones (excluding diaryl/α,β-unsaturated/α-hetero) is 2. The van der Waals surface area contributed by atoms with Crippen molar-refractivity contribution in [1.82, 2.24) is 0 Å². The van der Waals surface area contributed by atoms with E-state index in [4.69, 9.17) is 0 Å². The highest BCUT2D eigenvalue weighted by Gasteiger charge is 2.15. The molecule has 0 aromatic heterocycles. The normalized spacial score (nSPS) is 10.8. The zero-order valence-corrected chi connectivity index (χ0v) is 11.9. The predicted molar refractivity (Wildman–Crippen MR) is 80.5 cm³/mol. The van der Waals surface area contributed by atoms with Crippen LogP contribution in [0.15, 0.2) is 48.5 Å². The molecule has 0 heterocycles. The molecule has 0 spiro atoms. The van der Waals surface area contributed by atoms with E-state index in [1.54, 1.807) is 6.07 Å². The Balaban J connectivity index is 2.48. The van der Waals surface area contributed by atoms with Crippen molar-refractivity contribution < 1.29 is 9.59 Å². The Morgan fingerprint density at radius 2 is 1.53 bits per heavy atom. The van der Waals surface area contributed by atoms with Crippen molar-refractivity contribution in [3.05, 3.63) is 59.7 Å². The highest BCUT2D eigenvalue weighted by Crippen LogP contribution is 2.18. The van der Waals surface area contributed by atoms with E-state index in [0.717, 1.165) is 10.6 Å². The number of rotatable bonds is 4. The Hall–Kier alpha value is -1.79. The van der Waals surface area contributed by atoms with Gasteiger partial charge in [-0.1, -0.05) is 57.1 Å². The van der Waals surface area contributed by atoms with Crippen LogP contribution in [0.25, 0.3) is 0 Å². The van der Waals surface area contributed by atoms with Crippen LogP contribution in [0.2, 0.25) is 0 Å². The molecule has 0 saturated carbocycles. The molecule has 0 fully saturated rings. The second kappa shape index (κ2) is 5.90. The van der Waals surface area contributed by atoms with E-state index in [9.17, 15) is 9.59 Å². The molecule has 0 saturated heterocycles. The van der Waals surface area contributed by atoms with Crippen LogP contribution in [0, 0.1) is 0 Å². The van der Waals surface area contributed by atoms with Crippen molar-refractivity contribution in [2.75, 3.05) is 0 Å². The lowest BCUT2D eigenvalue weighted by atomic mass is 10.0. The van der Waals surface area contributed by atoms with Crippen LogP contribution in [-0.2, 0) is 0 Å². The van der Waals surface area contributed by atoms with Crippen LogP contribution in [0.1, 0.15) is 34.6 Å². The molecule has 0 N–H and O–H groups in total. The molecular weight excluding hydrogens is 255 g/mol. The van der Waals surface area contributed by atoms with Gasteiger partial charge in [0, 0.05) is 11.1 Å². The molecule has 2 aromatic rings. The summed E-state index contributed by atoms with van der Waals surface area (Å²) in [6.45, 7) is 3.01. The number of carbonyl (C=O) groups is 2. The summed E-state index contributed by atoms with van der Waals surface area (Å²) in [7, 11) is 0.384. The average molecular weight is 270 g/mol. The third-order valence-electron chi connectivity index (χ3n) is 2.85. The van der Waals surface area contributed by atoms with E-state index in [1.807, 2.05) is 42.5 Å². The Kier molecular flexibility index (Phi) is 4.24. The van der Waals surface area contributed by atoms with E-state index in [0.29, 0.717) is 19.7 Å². The van der Waals surface area contributed by atoms with Gasteiger partial charge in [-0.2, -0.15) is 0 Å². The van der Waals surface area contributed by atoms with Crippen LogP contribution in [-0.4, -0.2) is 11.6 Å². The molecule has 0 aliphatic heterocycles. The fourth-order valence-electron chi connectivity index (χ4n) is 2.01. The first-order valence-corrected chi connectivity index (χ1v) is 7.06. The molecule has 0 aliphatic rings. The van der Waals surface area contributed by atoms with Crippen molar-refractivity contribution in [3.8, 4) is 0 Å². The van der Waals surface area contributed by atoms with Gasteiger partial charge < -0.3 is 0 Å². The molecule has 0 amide bonds. The minimum absolute atomic E-state index is 0.0516. The van der Waals surface area contributed by atoms with Crippen molar-refractivity contribution >= 4 is 30.8 Å². The number of hydrogen-bond acceptors (Lipinski definition) is 2. The summed E-state index contributed by atoms with van der Waals surface area (Å²) in [5.41, 5.74) is 1.09. The summed E-state index contributed by atoms with van der Waals surface area (Å²) in [6, 6.07) is 15.5. The summed E-state index contributed by atoms with van der Waals surface area (Å²) in [6.07, 6.45) is 0. The minimum Gasteiger partial charge on any atom is -0.294 e. The maximum atomic E-state index is 11.8. The lowest BCUT2D eigenvalue weighted by molar-refractivity contribution is 0.0981. The molecule has 1 atom stereocenters. The lowest BCUT2D eigenvalue weighted by Crippen LogP contribution is -2.17. The molecule has 1 unspecified atom stereocenters. The molecule has 96 valence electrons. The smallest absolute Gasteiger partial charge is 0.161 e. The molecule has 0 aliphatic carbocycles. The Bertz CT molecular complexity index is 618. The molecule has 0 bridgehead atoms. The third-order valence-corrected chi connectivity index (χ3v) is 4.16. The first-order chi connectivity index (χ1) is 9.09. The molecule has 2 rings (SSSR count). The quantitative estimate of drug-likeness (QED) is 0.632. The van der Waals surface area contributed by atoms with Crippen molar-refractivity contribution in [1.29, 1.82) is 0 Å². The number of carbonyl (C=O) groups excluding carboxylic acids is 2. The molecule has 2 nitrogen and oxygen atoms in total. The SMILES string of the molecule is CC(=O)c1cccc(Pc2ccccc2)c1C(C)=O. The first kappa shape index (κ1) is 13.6. The van der Waals surface area contributed by atoms with Gasteiger partial charge in [0.15, 0.2) is 11.6 Å². The largest absolute Gasteiger partial charge is 0.294 e. The monoisotopic (exact) mass is 270 g/mol. The highest BCUT2D eigenvalue weighted by atomic mass is 31.1. The van der Waals surface area contributed by atoms with Gasteiger partial charge in [0.1, 0.15) is 0 Å². The van der Waals surface area contributed by atoms with Crippen LogP contribution in [0.5, 0.6) is 0 Å². The number of hydrogen-bond donors (Lipinski definition) is 0. The van der Waals surface area contributed by atoms with Crippen molar-refractivity contribution in [2.24, 2.45) is 0 Å². The third kappa shape index (κ3) is 3.15. The van der Waals surface area contributed by atoms with Crippen molar-refractivity contribution in [3.63, 3.8) is 0 Å². The topological polar surface area (TPSA) is 34.1 Å². The fraction of sp³-hybridized carbons (Fsp3) is 0.125. The Morgan fingerprint density at radius 1 is 0.842 bits per heavy atom. The van der Waals surface area contributed by atoms with Gasteiger partial charge in [-0.05, 0) is 24.5 Å². The van der Waals surface area contributed by atoms with Crippen LogP contribution in [0.3, 0.4) is 0 Å². The molecule has 2 aromatic carbocycles. The maximum Gasteiger partial charge on any atom is 0.161 e. The second-order valence-electron chi connectivity index (χ2n) is 4.33. The van der Waals surface area contributed by atoms with Gasteiger partial charge in [-0.3, -0.25) is 9.59 Å². The van der Waals surface area contributed by atoms with Crippen molar-refractivity contribution in [2.45, 2.75) is 13.8 Å². The van der Waals surface area contributed by atoms with Gasteiger partial charge in [0.2, 0.25) is 0 Å². The Morgan fingerprint density at radius 3 is 2.11 bits per heavy atom. The van der Waals surface area contributed by atoms with Gasteiger partial charge in [-0.25, -0.2) is 0 Å². The van der Waals surface area contributed by atoms with E-state index < -0.39 is 0 Å². The second-order valence-corrected chi connectivity index (χ2v) is 5.70. The highest BCUT2D eigenvalue weighted by molar-refractivity contribution is 7.55. The maximum absolute atomic E-state index is 11.8. The van der Waals surface area contributed by atoms with Crippen LogP contribution >= 0.6 is 8.58 Å². The first-order valence-electron chi connectivity index (χ1n) is 6.06. The molecular formula is C16H15O2P. The van der Waals surface area contributed by atoms with E-state index >= 15 is 0 Å². The van der Waals surface area contributed by atoms with Gasteiger partial charge in [0.05, 0.1) is 0 Å². The van der Waals surface area contributed by atoms with Gasteiger partial charge in [-0.15, -0.1) is 0 Å². The summed E-state index contributed by atoms with van der Waals surface area (Å²) < 4.78 is 0.